The van der Waals surface area contributed by atoms with Gasteiger partial charge in [-0.1, -0.05) is 10.3 Å². The quantitative estimate of drug-likeness (QED) is 0.690. The largest absolute Gasteiger partial charge is 0.361 e. The van der Waals surface area contributed by atoms with Gasteiger partial charge in [0.05, 0.1) is 23.7 Å². The van der Waals surface area contributed by atoms with Crippen molar-refractivity contribution in [3.8, 4) is 11.3 Å². The summed E-state index contributed by atoms with van der Waals surface area (Å²) < 4.78 is 10.2. The van der Waals surface area contributed by atoms with Gasteiger partial charge in [0, 0.05) is 50.3 Å². The molecule has 0 saturated carbocycles. The molecular formula is C19H22N6O3. The average molecular weight is 382 g/mol. The maximum Gasteiger partial charge on any atom is 0.225 e. The summed E-state index contributed by atoms with van der Waals surface area (Å²) in [7, 11) is 0. The van der Waals surface area contributed by atoms with E-state index < -0.39 is 0 Å². The van der Waals surface area contributed by atoms with Gasteiger partial charge in [-0.15, -0.1) is 0 Å². The highest BCUT2D eigenvalue weighted by Gasteiger charge is 2.24. The van der Waals surface area contributed by atoms with Crippen molar-refractivity contribution in [2.75, 3.05) is 18.0 Å². The van der Waals surface area contributed by atoms with Crippen LogP contribution in [0.5, 0.6) is 0 Å². The number of carbonyl (C=O) groups is 1. The molecule has 0 spiro atoms. The predicted octanol–water partition coefficient (Wildman–Crippen LogP) is 2.15. The van der Waals surface area contributed by atoms with Gasteiger partial charge < -0.3 is 19.3 Å². The van der Waals surface area contributed by atoms with Gasteiger partial charge in [-0.25, -0.2) is 9.97 Å². The number of anilines is 1. The lowest BCUT2D eigenvalue weighted by Crippen LogP contribution is -2.48. The monoisotopic (exact) mass is 382 g/mol. The summed E-state index contributed by atoms with van der Waals surface area (Å²) in [5.74, 6) is 2.05. The molecule has 1 saturated heterocycles. The Morgan fingerprint density at radius 1 is 1.29 bits per heavy atom. The Morgan fingerprint density at radius 2 is 2.14 bits per heavy atom. The fourth-order valence-electron chi connectivity index (χ4n) is 3.39. The fraction of sp³-hybridized carbons (Fsp3) is 0.421. The summed E-state index contributed by atoms with van der Waals surface area (Å²) in [6.45, 7) is 3.48. The van der Waals surface area contributed by atoms with Crippen LogP contribution in [-0.2, 0) is 11.2 Å². The average Bonchev–Trinajstić information content (AvgIpc) is 3.41. The molecule has 1 amide bonds. The molecule has 1 unspecified atom stereocenters. The minimum absolute atomic E-state index is 0.0148. The summed E-state index contributed by atoms with van der Waals surface area (Å²) in [5.41, 5.74) is 1.66. The van der Waals surface area contributed by atoms with E-state index in [0.29, 0.717) is 31.1 Å². The maximum absolute atomic E-state index is 12.2. The smallest absolute Gasteiger partial charge is 0.225 e. The van der Waals surface area contributed by atoms with Gasteiger partial charge in [-0.2, -0.15) is 0 Å². The van der Waals surface area contributed by atoms with E-state index in [-0.39, 0.29) is 11.9 Å². The maximum atomic E-state index is 12.2. The molecule has 1 aliphatic rings. The zero-order valence-electron chi connectivity index (χ0n) is 15.7. The molecule has 9 heteroatoms. The Morgan fingerprint density at radius 3 is 2.89 bits per heavy atom. The molecule has 146 valence electrons. The Labute approximate surface area is 162 Å². The molecule has 0 radical (unpaired) electrons. The fourth-order valence-corrected chi connectivity index (χ4v) is 3.39. The van der Waals surface area contributed by atoms with Crippen molar-refractivity contribution >= 4 is 11.9 Å². The second kappa shape index (κ2) is 8.20. The number of hydrogen-bond donors (Lipinski definition) is 1. The van der Waals surface area contributed by atoms with Crippen LogP contribution in [0, 0.1) is 6.92 Å². The van der Waals surface area contributed by atoms with Crippen LogP contribution in [0.1, 0.15) is 30.7 Å². The van der Waals surface area contributed by atoms with E-state index in [1.54, 1.807) is 30.7 Å². The topological polar surface area (TPSA) is 110 Å². The summed E-state index contributed by atoms with van der Waals surface area (Å²) >= 11 is 0. The molecule has 9 nitrogen and oxygen atoms in total. The Bertz CT molecular complexity index is 910. The number of nitrogens with zero attached hydrogens (tertiary/aromatic N) is 5. The van der Waals surface area contributed by atoms with Crippen molar-refractivity contribution in [1.82, 2.24) is 25.6 Å². The summed E-state index contributed by atoms with van der Waals surface area (Å²) in [6, 6.07) is 3.64. The van der Waals surface area contributed by atoms with Crippen molar-refractivity contribution in [1.29, 1.82) is 0 Å². The van der Waals surface area contributed by atoms with Crippen LogP contribution in [0.15, 0.2) is 39.8 Å². The molecule has 1 atom stereocenters. The van der Waals surface area contributed by atoms with Gasteiger partial charge in [0.25, 0.3) is 0 Å². The van der Waals surface area contributed by atoms with Crippen LogP contribution < -0.4 is 10.2 Å². The molecule has 3 aromatic heterocycles. The Hall–Kier alpha value is -3.23. The second-order valence-electron chi connectivity index (χ2n) is 6.88. The Kier molecular flexibility index (Phi) is 5.31. The molecule has 1 fully saturated rings. The molecule has 1 N–H and O–H groups in total. The molecule has 4 rings (SSSR count). The van der Waals surface area contributed by atoms with Crippen molar-refractivity contribution in [3.05, 3.63) is 42.2 Å². The third-order valence-electron chi connectivity index (χ3n) is 4.83. The summed E-state index contributed by atoms with van der Waals surface area (Å²) in [4.78, 5) is 23.5. The minimum Gasteiger partial charge on any atom is -0.361 e. The van der Waals surface area contributed by atoms with Crippen LogP contribution >= 0.6 is 0 Å². The van der Waals surface area contributed by atoms with Crippen molar-refractivity contribution in [3.63, 3.8) is 0 Å². The standard InChI is InChI=1S/C19H22N6O3/c1-13-16(17-7-9-22-28-17)11-20-19(23-13)25-10-2-3-14(12-25)24-18(26)5-4-15-6-8-21-27-15/h6-9,11,14H,2-5,10,12H2,1H3,(H,24,26). The third-order valence-corrected chi connectivity index (χ3v) is 4.83. The normalized spacial score (nSPS) is 16.9. The molecule has 4 heterocycles. The van der Waals surface area contributed by atoms with E-state index in [1.807, 2.05) is 6.92 Å². The van der Waals surface area contributed by atoms with E-state index >= 15 is 0 Å². The third kappa shape index (κ3) is 4.19. The molecule has 0 bridgehead atoms. The molecule has 28 heavy (non-hydrogen) atoms. The van der Waals surface area contributed by atoms with Gasteiger partial charge >= 0.3 is 0 Å². The predicted molar refractivity (Wildman–Crippen MR) is 100 cm³/mol. The highest BCUT2D eigenvalue weighted by molar-refractivity contribution is 5.76. The number of aryl methyl sites for hydroxylation is 2. The van der Waals surface area contributed by atoms with Gasteiger partial charge in [-0.05, 0) is 19.8 Å². The number of amides is 1. The lowest BCUT2D eigenvalue weighted by molar-refractivity contribution is -0.121. The molecule has 0 aromatic carbocycles. The molecule has 0 aliphatic carbocycles. The van der Waals surface area contributed by atoms with Gasteiger partial charge in [0.1, 0.15) is 5.76 Å². The van der Waals surface area contributed by atoms with Gasteiger partial charge in [0.2, 0.25) is 11.9 Å². The highest BCUT2D eigenvalue weighted by Crippen LogP contribution is 2.24. The van der Waals surface area contributed by atoms with Crippen LogP contribution in [0.4, 0.5) is 5.95 Å². The second-order valence-corrected chi connectivity index (χ2v) is 6.88. The van der Waals surface area contributed by atoms with E-state index in [2.05, 4.69) is 30.5 Å². The minimum atomic E-state index is 0.0148. The number of carbonyl (C=O) groups excluding carboxylic acids is 1. The van der Waals surface area contributed by atoms with E-state index in [9.17, 15) is 4.79 Å². The number of rotatable bonds is 6. The van der Waals surface area contributed by atoms with Crippen molar-refractivity contribution in [2.45, 2.75) is 38.6 Å². The lowest BCUT2D eigenvalue weighted by Gasteiger charge is -2.33. The summed E-state index contributed by atoms with van der Waals surface area (Å²) in [6.07, 6.45) is 7.79. The molecule has 3 aromatic rings. The number of piperidine rings is 1. The van der Waals surface area contributed by atoms with Crippen molar-refractivity contribution in [2.24, 2.45) is 0 Å². The van der Waals surface area contributed by atoms with Crippen molar-refractivity contribution < 1.29 is 13.8 Å². The SMILES string of the molecule is Cc1nc(N2CCCC(NC(=O)CCc3ccno3)C2)ncc1-c1ccno1. The van der Waals surface area contributed by atoms with E-state index in [1.165, 1.54) is 0 Å². The lowest BCUT2D eigenvalue weighted by atomic mass is 10.1. The first-order valence-electron chi connectivity index (χ1n) is 9.37. The zero-order valence-corrected chi connectivity index (χ0v) is 15.7. The van der Waals surface area contributed by atoms with E-state index in [0.717, 1.165) is 36.4 Å². The highest BCUT2D eigenvalue weighted by atomic mass is 16.5. The number of aromatic nitrogens is 4. The van der Waals surface area contributed by atoms with Crippen LogP contribution in [-0.4, -0.2) is 45.3 Å². The zero-order chi connectivity index (χ0) is 19.3. The van der Waals surface area contributed by atoms with Gasteiger partial charge in [-0.3, -0.25) is 4.79 Å². The van der Waals surface area contributed by atoms with E-state index in [4.69, 9.17) is 9.05 Å². The Balaban J connectivity index is 1.35. The van der Waals surface area contributed by atoms with Gasteiger partial charge in [0.15, 0.2) is 5.76 Å². The molecule has 1 aliphatic heterocycles. The van der Waals surface area contributed by atoms with Crippen LogP contribution in [0.2, 0.25) is 0 Å². The first-order valence-corrected chi connectivity index (χ1v) is 9.37. The number of nitrogens with one attached hydrogen (secondary N) is 1. The first kappa shape index (κ1) is 18.1. The first-order chi connectivity index (χ1) is 13.7. The number of hydrogen-bond acceptors (Lipinski definition) is 8. The summed E-state index contributed by atoms with van der Waals surface area (Å²) in [5, 5.41) is 10.5. The molecular weight excluding hydrogens is 360 g/mol. The van der Waals surface area contributed by atoms with Crippen LogP contribution in [0.3, 0.4) is 0 Å². The van der Waals surface area contributed by atoms with Crippen LogP contribution in [0.25, 0.3) is 11.3 Å².